The number of rotatable bonds is 6. The number of halogens is 3. The molecule has 3 heterocycles. The lowest BCUT2D eigenvalue weighted by atomic mass is 10.1. The maximum absolute atomic E-state index is 12.8. The molecule has 1 atom stereocenters. The molecule has 3 N–H and O–H groups in total. The highest BCUT2D eigenvalue weighted by Gasteiger charge is 2.32. The second kappa shape index (κ2) is 8.27. The summed E-state index contributed by atoms with van der Waals surface area (Å²) in [4.78, 5) is 23.6. The Morgan fingerprint density at radius 2 is 2.23 bits per heavy atom. The Morgan fingerprint density at radius 1 is 1.39 bits per heavy atom. The third-order valence-electron chi connectivity index (χ3n) is 4.97. The number of hydrogen-bond donors (Lipinski definition) is 3. The fraction of sp³-hybridized carbons (Fsp3) is 0.368. The number of nitrogens with one attached hydrogen (secondary N) is 3. The van der Waals surface area contributed by atoms with Gasteiger partial charge in [-0.15, -0.1) is 13.2 Å². The molecule has 0 bridgehead atoms. The Balaban J connectivity index is 1.66. The Morgan fingerprint density at radius 3 is 2.94 bits per heavy atom. The highest BCUT2D eigenvalue weighted by Crippen LogP contribution is 2.28. The van der Waals surface area contributed by atoms with Crippen molar-refractivity contribution >= 4 is 17.1 Å². The van der Waals surface area contributed by atoms with Crippen molar-refractivity contribution in [2.75, 3.05) is 25.0 Å². The van der Waals surface area contributed by atoms with Crippen molar-refractivity contribution in [2.45, 2.75) is 19.3 Å². The summed E-state index contributed by atoms with van der Waals surface area (Å²) in [5.41, 5.74) is 0.158. The van der Waals surface area contributed by atoms with Crippen molar-refractivity contribution in [3.63, 3.8) is 0 Å². The Labute approximate surface area is 173 Å². The molecule has 3 aromatic rings. The van der Waals surface area contributed by atoms with Crippen LogP contribution in [0.1, 0.15) is 17.5 Å². The normalized spacial score (nSPS) is 16.4. The van der Waals surface area contributed by atoms with Crippen molar-refractivity contribution < 1.29 is 17.9 Å². The number of hydrogen-bond acceptors (Lipinski definition) is 7. The first kappa shape index (κ1) is 20.7. The van der Waals surface area contributed by atoms with Gasteiger partial charge in [-0.3, -0.25) is 4.57 Å². The zero-order chi connectivity index (χ0) is 22.0. The van der Waals surface area contributed by atoms with E-state index in [1.165, 1.54) is 22.9 Å². The molecule has 1 aromatic carbocycles. The van der Waals surface area contributed by atoms with Gasteiger partial charge >= 0.3 is 12.1 Å². The summed E-state index contributed by atoms with van der Waals surface area (Å²) in [6.07, 6.45) is -2.45. The van der Waals surface area contributed by atoms with Gasteiger partial charge in [0, 0.05) is 12.1 Å². The minimum atomic E-state index is -4.91. The van der Waals surface area contributed by atoms with Crippen LogP contribution >= 0.6 is 0 Å². The number of nitrogens with zero attached hydrogens (tertiary/aromatic N) is 4. The van der Waals surface area contributed by atoms with E-state index in [-0.39, 0.29) is 23.3 Å². The summed E-state index contributed by atoms with van der Waals surface area (Å²) < 4.78 is 43.6. The number of aromatic nitrogens is 4. The van der Waals surface area contributed by atoms with E-state index in [0.29, 0.717) is 23.9 Å². The van der Waals surface area contributed by atoms with Gasteiger partial charge in [-0.05, 0) is 43.6 Å². The number of fused-ring (bicyclic) bond motifs is 1. The SMILES string of the molecule is N#Cc1ccc(OC(F)(F)F)c(Cn2c(=O)[nH]c3cnc(NC[C@@H]4CCNC4)nc32)c1. The number of ether oxygens (including phenoxy) is 1. The maximum atomic E-state index is 12.8. The molecule has 0 spiro atoms. The van der Waals surface area contributed by atoms with Crippen molar-refractivity contribution in [3.05, 3.63) is 46.0 Å². The molecular formula is C19H18F3N7O2. The number of H-pyrrole nitrogens is 1. The molecule has 1 saturated heterocycles. The summed E-state index contributed by atoms with van der Waals surface area (Å²) >= 11 is 0. The van der Waals surface area contributed by atoms with Gasteiger partial charge in [0.1, 0.15) is 11.3 Å². The van der Waals surface area contributed by atoms with Gasteiger partial charge in [0.25, 0.3) is 0 Å². The van der Waals surface area contributed by atoms with Crippen LogP contribution in [0.2, 0.25) is 0 Å². The highest BCUT2D eigenvalue weighted by atomic mass is 19.4. The van der Waals surface area contributed by atoms with E-state index in [1.807, 2.05) is 6.07 Å². The molecule has 12 heteroatoms. The van der Waals surface area contributed by atoms with Crippen molar-refractivity contribution in [1.29, 1.82) is 5.26 Å². The van der Waals surface area contributed by atoms with Crippen LogP contribution in [0.4, 0.5) is 19.1 Å². The van der Waals surface area contributed by atoms with Gasteiger partial charge in [-0.25, -0.2) is 9.78 Å². The van der Waals surface area contributed by atoms with Crippen molar-refractivity contribution in [2.24, 2.45) is 5.92 Å². The van der Waals surface area contributed by atoms with Gasteiger partial charge < -0.3 is 20.4 Å². The van der Waals surface area contributed by atoms with Crippen LogP contribution < -0.4 is 21.1 Å². The van der Waals surface area contributed by atoms with Crippen LogP contribution in [0.3, 0.4) is 0 Å². The molecule has 0 unspecified atom stereocenters. The van der Waals surface area contributed by atoms with Crippen LogP contribution in [-0.4, -0.2) is 45.5 Å². The van der Waals surface area contributed by atoms with Crippen LogP contribution in [0.25, 0.3) is 11.2 Å². The molecule has 31 heavy (non-hydrogen) atoms. The van der Waals surface area contributed by atoms with Gasteiger partial charge in [-0.1, -0.05) is 0 Å². The minimum Gasteiger partial charge on any atom is -0.405 e. The largest absolute Gasteiger partial charge is 0.573 e. The first-order chi connectivity index (χ1) is 14.8. The van der Waals surface area contributed by atoms with E-state index in [2.05, 4.69) is 30.3 Å². The molecule has 162 valence electrons. The fourth-order valence-corrected chi connectivity index (χ4v) is 3.47. The van der Waals surface area contributed by atoms with Crippen molar-refractivity contribution in [1.82, 2.24) is 24.8 Å². The predicted molar refractivity (Wildman–Crippen MR) is 105 cm³/mol. The fourth-order valence-electron chi connectivity index (χ4n) is 3.47. The first-order valence-electron chi connectivity index (χ1n) is 9.51. The molecule has 9 nitrogen and oxygen atoms in total. The van der Waals surface area contributed by atoms with E-state index in [1.54, 1.807) is 0 Å². The minimum absolute atomic E-state index is 0.0181. The summed E-state index contributed by atoms with van der Waals surface area (Å²) in [7, 11) is 0. The third kappa shape index (κ3) is 4.77. The van der Waals surface area contributed by atoms with Crippen LogP contribution in [-0.2, 0) is 6.54 Å². The smallest absolute Gasteiger partial charge is 0.405 e. The highest BCUT2D eigenvalue weighted by molar-refractivity contribution is 5.71. The maximum Gasteiger partial charge on any atom is 0.573 e. The lowest BCUT2D eigenvalue weighted by Crippen LogP contribution is -2.21. The quantitative estimate of drug-likeness (QED) is 0.543. The molecule has 0 amide bonds. The number of alkyl halides is 3. The molecule has 1 aliphatic heterocycles. The monoisotopic (exact) mass is 433 g/mol. The lowest BCUT2D eigenvalue weighted by Gasteiger charge is -2.14. The van der Waals surface area contributed by atoms with Gasteiger partial charge in [0.05, 0.1) is 24.4 Å². The Bertz CT molecular complexity index is 1190. The second-order valence-corrected chi connectivity index (χ2v) is 7.17. The molecule has 1 fully saturated rings. The molecule has 2 aromatic heterocycles. The standard InChI is InChI=1S/C19H18F3N7O2/c20-19(21,22)31-15-2-1-11(6-23)5-13(15)10-29-16-14(27-18(29)30)9-26-17(28-16)25-8-12-3-4-24-7-12/h1-2,5,9,12,24H,3-4,7-8,10H2,(H,27,30)(H,25,26,28)/t12-/m1/s1. The van der Waals surface area contributed by atoms with Crippen molar-refractivity contribution in [3.8, 4) is 11.8 Å². The lowest BCUT2D eigenvalue weighted by molar-refractivity contribution is -0.274. The number of imidazole rings is 1. The molecule has 1 aliphatic rings. The van der Waals surface area contributed by atoms with Gasteiger partial charge in [0.2, 0.25) is 5.95 Å². The Kier molecular flexibility index (Phi) is 5.51. The zero-order valence-electron chi connectivity index (χ0n) is 16.2. The summed E-state index contributed by atoms with van der Waals surface area (Å²) in [6, 6.07) is 5.39. The van der Waals surface area contributed by atoms with Crippen LogP contribution in [0.5, 0.6) is 5.75 Å². The van der Waals surface area contributed by atoms with Crippen LogP contribution in [0.15, 0.2) is 29.2 Å². The second-order valence-electron chi connectivity index (χ2n) is 7.17. The number of anilines is 1. The summed E-state index contributed by atoms with van der Waals surface area (Å²) in [6.45, 7) is 2.22. The van der Waals surface area contributed by atoms with E-state index in [4.69, 9.17) is 5.26 Å². The zero-order valence-corrected chi connectivity index (χ0v) is 16.2. The average molecular weight is 433 g/mol. The summed E-state index contributed by atoms with van der Waals surface area (Å²) in [5, 5.41) is 15.5. The third-order valence-corrected chi connectivity index (χ3v) is 4.97. The molecule has 0 radical (unpaired) electrons. The van der Waals surface area contributed by atoms with E-state index >= 15 is 0 Å². The predicted octanol–water partition coefficient (Wildman–Crippen LogP) is 1.96. The van der Waals surface area contributed by atoms with Crippen LogP contribution in [0, 0.1) is 17.2 Å². The van der Waals surface area contributed by atoms with E-state index in [0.717, 1.165) is 25.6 Å². The number of aromatic amines is 1. The Hall–Kier alpha value is -3.59. The number of benzene rings is 1. The summed E-state index contributed by atoms with van der Waals surface area (Å²) in [5.74, 6) is 0.252. The molecule has 0 saturated carbocycles. The average Bonchev–Trinajstić information content (AvgIpc) is 3.34. The topological polar surface area (TPSA) is 121 Å². The van der Waals surface area contributed by atoms with E-state index in [9.17, 15) is 18.0 Å². The molecule has 4 rings (SSSR count). The van der Waals surface area contributed by atoms with Gasteiger partial charge in [-0.2, -0.15) is 10.2 Å². The first-order valence-corrected chi connectivity index (χ1v) is 9.51. The molecule has 0 aliphatic carbocycles. The van der Waals surface area contributed by atoms with E-state index < -0.39 is 17.8 Å². The number of nitriles is 1. The molecular weight excluding hydrogens is 415 g/mol. The van der Waals surface area contributed by atoms with Gasteiger partial charge in [0.15, 0.2) is 5.65 Å².